The number of nitrogen functional groups attached to an aromatic ring is 1. The molecular weight excluding hydrogens is 236 g/mol. The van der Waals surface area contributed by atoms with Gasteiger partial charge in [0, 0.05) is 13.2 Å². The van der Waals surface area contributed by atoms with Gasteiger partial charge >= 0.3 is 11.8 Å². The third kappa shape index (κ3) is 5.03. The molecule has 0 saturated heterocycles. The third-order valence-electron chi connectivity index (χ3n) is 1.67. The summed E-state index contributed by atoms with van der Waals surface area (Å²) in [5, 5.41) is 10.4. The van der Waals surface area contributed by atoms with Crippen molar-refractivity contribution in [2.75, 3.05) is 12.3 Å². The van der Waals surface area contributed by atoms with Gasteiger partial charge < -0.3 is 20.7 Å². The number of hydrogen-bond donors (Lipinski definition) is 3. The number of nitrogens with two attached hydrogens (primary N) is 1. The summed E-state index contributed by atoms with van der Waals surface area (Å²) in [5.74, 6) is 5.19. The molecule has 1 heterocycles. The summed E-state index contributed by atoms with van der Waals surface area (Å²) >= 11 is 0. The highest BCUT2D eigenvalue weighted by atomic mass is 16.4. The van der Waals surface area contributed by atoms with Crippen molar-refractivity contribution in [2.24, 2.45) is 7.05 Å². The number of rotatable bonds is 1. The molecule has 0 spiro atoms. The highest BCUT2D eigenvalue weighted by Crippen LogP contribution is 2.00. The summed E-state index contributed by atoms with van der Waals surface area (Å²) in [7, 11) is 1.52. The van der Waals surface area contributed by atoms with Crippen LogP contribution in [0.2, 0.25) is 0 Å². The molecule has 0 aliphatic carbocycles. The van der Waals surface area contributed by atoms with E-state index in [9.17, 15) is 9.59 Å². The van der Waals surface area contributed by atoms with Crippen LogP contribution in [-0.4, -0.2) is 27.3 Å². The molecule has 0 saturated carbocycles. The number of aryl methyl sites for hydroxylation is 1. The number of carboxylic acid groups (broad SMARTS) is 1. The van der Waals surface area contributed by atoms with E-state index in [1.54, 1.807) is 0 Å². The molecule has 7 heteroatoms. The Balaban J connectivity index is 0.00000137. The third-order valence-corrected chi connectivity index (χ3v) is 1.67. The Morgan fingerprint density at radius 1 is 1.61 bits per heavy atom. The molecule has 1 rings (SSSR count). The van der Waals surface area contributed by atoms with Gasteiger partial charge in [0.05, 0.1) is 12.1 Å². The molecule has 4 N–H and O–H groups in total. The maximum Gasteiger partial charge on any atom is 0.405 e. The van der Waals surface area contributed by atoms with Gasteiger partial charge in [-0.1, -0.05) is 25.7 Å². The minimum absolute atomic E-state index is 0.0163. The summed E-state index contributed by atoms with van der Waals surface area (Å²) in [6.45, 7) is 3.98. The maximum atomic E-state index is 11.0. The van der Waals surface area contributed by atoms with Crippen LogP contribution in [0.5, 0.6) is 0 Å². The van der Waals surface area contributed by atoms with E-state index in [2.05, 4.69) is 22.1 Å². The maximum absolute atomic E-state index is 11.0. The number of hydrogen-bond acceptors (Lipinski definition) is 4. The highest BCUT2D eigenvalue weighted by molar-refractivity contribution is 5.64. The summed E-state index contributed by atoms with van der Waals surface area (Å²) in [6, 6.07) is 0. The number of aromatic nitrogens is 2. The molecule has 0 fully saturated rings. The van der Waals surface area contributed by atoms with E-state index < -0.39 is 11.8 Å². The molecule has 0 bridgehead atoms. The number of carbonyl (C=O) groups is 1. The van der Waals surface area contributed by atoms with Crippen LogP contribution < -0.4 is 16.7 Å². The van der Waals surface area contributed by atoms with Gasteiger partial charge in [-0.05, 0) is 0 Å². The molecule has 0 aliphatic rings. The van der Waals surface area contributed by atoms with Crippen LogP contribution >= 0.6 is 0 Å². The van der Waals surface area contributed by atoms with Gasteiger partial charge in [-0.15, -0.1) is 0 Å². The van der Waals surface area contributed by atoms with Crippen molar-refractivity contribution in [1.82, 2.24) is 14.9 Å². The smallest absolute Gasteiger partial charge is 0.405 e. The lowest BCUT2D eigenvalue weighted by atomic mass is 10.3. The van der Waals surface area contributed by atoms with Gasteiger partial charge in [0.1, 0.15) is 5.82 Å². The molecule has 0 aliphatic heterocycles. The minimum Gasteiger partial charge on any atom is -0.465 e. The van der Waals surface area contributed by atoms with Crippen LogP contribution in [0.1, 0.15) is 19.4 Å². The fourth-order valence-electron chi connectivity index (χ4n) is 0.913. The van der Waals surface area contributed by atoms with Crippen molar-refractivity contribution in [3.05, 3.63) is 22.2 Å². The molecule has 18 heavy (non-hydrogen) atoms. The zero-order chi connectivity index (χ0) is 14.1. The lowest BCUT2D eigenvalue weighted by Gasteiger charge is -1.99. The van der Waals surface area contributed by atoms with E-state index in [0.29, 0.717) is 5.56 Å². The van der Waals surface area contributed by atoms with E-state index in [0.717, 1.165) is 0 Å². The van der Waals surface area contributed by atoms with Crippen molar-refractivity contribution < 1.29 is 9.90 Å². The second-order valence-electron chi connectivity index (χ2n) is 2.89. The second kappa shape index (κ2) is 7.73. The number of anilines is 1. The Bertz CT molecular complexity index is 525. The van der Waals surface area contributed by atoms with Crippen molar-refractivity contribution in [3.63, 3.8) is 0 Å². The average Bonchev–Trinajstić information content (AvgIpc) is 2.33. The van der Waals surface area contributed by atoms with Gasteiger partial charge in [-0.2, -0.15) is 4.98 Å². The zero-order valence-electron chi connectivity index (χ0n) is 10.5. The van der Waals surface area contributed by atoms with Crippen molar-refractivity contribution in [3.8, 4) is 11.8 Å². The molecule has 1 amide bonds. The van der Waals surface area contributed by atoms with Crippen LogP contribution in [0.25, 0.3) is 0 Å². The van der Waals surface area contributed by atoms with Crippen molar-refractivity contribution in [2.45, 2.75) is 13.8 Å². The summed E-state index contributed by atoms with van der Waals surface area (Å²) in [5.41, 5.74) is 5.39. The van der Waals surface area contributed by atoms with Crippen LogP contribution in [-0.2, 0) is 7.05 Å². The first-order chi connectivity index (χ1) is 8.50. The largest absolute Gasteiger partial charge is 0.465 e. The molecule has 1 aromatic rings. The second-order valence-corrected chi connectivity index (χ2v) is 2.89. The molecule has 0 unspecified atom stereocenters. The first-order valence-corrected chi connectivity index (χ1v) is 5.29. The SMILES string of the molecule is CC.Cn1cc(C#CCNC(=O)O)c(N)nc1=O. The molecule has 0 atom stereocenters. The molecule has 0 radical (unpaired) electrons. The van der Waals surface area contributed by atoms with Crippen molar-refractivity contribution in [1.29, 1.82) is 0 Å². The normalized spacial score (nSPS) is 8.39. The Hall–Kier alpha value is -2.49. The summed E-state index contributed by atoms with van der Waals surface area (Å²) in [4.78, 5) is 24.7. The lowest BCUT2D eigenvalue weighted by Crippen LogP contribution is -2.22. The van der Waals surface area contributed by atoms with Crippen LogP contribution in [0.3, 0.4) is 0 Å². The van der Waals surface area contributed by atoms with Gasteiger partial charge in [0.2, 0.25) is 0 Å². The van der Waals surface area contributed by atoms with E-state index in [1.807, 2.05) is 13.8 Å². The van der Waals surface area contributed by atoms with Crippen LogP contribution in [0, 0.1) is 11.8 Å². The summed E-state index contributed by atoms with van der Waals surface area (Å²) in [6.07, 6.45) is 0.291. The van der Waals surface area contributed by atoms with Gasteiger partial charge in [0.15, 0.2) is 0 Å². The topological polar surface area (TPSA) is 110 Å². The Morgan fingerprint density at radius 3 is 2.78 bits per heavy atom. The fourth-order valence-corrected chi connectivity index (χ4v) is 0.913. The molecule has 1 aromatic heterocycles. The highest BCUT2D eigenvalue weighted by Gasteiger charge is 2.00. The molecule has 7 nitrogen and oxygen atoms in total. The molecular formula is C11H16N4O3. The monoisotopic (exact) mass is 252 g/mol. The summed E-state index contributed by atoms with van der Waals surface area (Å²) < 4.78 is 1.24. The fraction of sp³-hybridized carbons (Fsp3) is 0.364. The van der Waals surface area contributed by atoms with E-state index in [-0.39, 0.29) is 12.4 Å². The zero-order valence-corrected chi connectivity index (χ0v) is 10.5. The van der Waals surface area contributed by atoms with Gasteiger partial charge in [0.25, 0.3) is 0 Å². The van der Waals surface area contributed by atoms with E-state index in [4.69, 9.17) is 10.8 Å². The van der Waals surface area contributed by atoms with Gasteiger partial charge in [-0.25, -0.2) is 9.59 Å². The van der Waals surface area contributed by atoms with Crippen molar-refractivity contribution >= 4 is 11.9 Å². The van der Waals surface area contributed by atoms with Crippen LogP contribution in [0.4, 0.5) is 10.6 Å². The lowest BCUT2D eigenvalue weighted by molar-refractivity contribution is 0.196. The average molecular weight is 252 g/mol. The Kier molecular flexibility index (Phi) is 6.66. The Morgan fingerprint density at radius 2 is 2.22 bits per heavy atom. The predicted octanol–water partition coefficient (Wildman–Crippen LogP) is 0.00780. The first kappa shape index (κ1) is 15.5. The minimum atomic E-state index is -1.15. The number of nitrogens with one attached hydrogen (secondary N) is 1. The number of amides is 1. The van der Waals surface area contributed by atoms with E-state index >= 15 is 0 Å². The first-order valence-electron chi connectivity index (χ1n) is 5.29. The standard InChI is InChI=1S/C9H10N4O3.C2H6/c1-13-5-6(7(10)12-8(13)14)3-2-4-11-9(15)16;1-2/h5,11H,4H2,1H3,(H,15,16)(H2,10,12,14);1-2H3. The molecule has 0 aromatic carbocycles. The van der Waals surface area contributed by atoms with E-state index in [1.165, 1.54) is 17.8 Å². The quantitative estimate of drug-likeness (QED) is 0.610. The Labute approximate surface area is 105 Å². The molecule has 98 valence electrons. The predicted molar refractivity (Wildman–Crippen MR) is 68.1 cm³/mol. The number of nitrogens with zero attached hydrogens (tertiary/aromatic N) is 2. The van der Waals surface area contributed by atoms with Gasteiger partial charge in [-0.3, -0.25) is 0 Å². The van der Waals surface area contributed by atoms with Crippen LogP contribution in [0.15, 0.2) is 11.0 Å².